The van der Waals surface area contributed by atoms with Crippen molar-refractivity contribution in [1.82, 2.24) is 24.7 Å². The van der Waals surface area contributed by atoms with Gasteiger partial charge in [-0.2, -0.15) is 10.1 Å². The molecule has 3 aromatic rings. The fraction of sp³-hybridized carbons (Fsp3) is 0.444. The summed E-state index contributed by atoms with van der Waals surface area (Å²) in [7, 11) is 0. The largest absolute Gasteiger partial charge is 0.389 e. The molecule has 28 heavy (non-hydrogen) atoms. The summed E-state index contributed by atoms with van der Waals surface area (Å²) in [5, 5.41) is 21.8. The van der Waals surface area contributed by atoms with Crippen LogP contribution in [-0.2, 0) is 6.54 Å². The highest BCUT2D eigenvalue weighted by atomic mass is 79.9. The van der Waals surface area contributed by atoms with Crippen LogP contribution in [0.5, 0.6) is 0 Å². The van der Waals surface area contributed by atoms with Crippen LogP contribution in [0.2, 0.25) is 5.15 Å². The maximum Gasteiger partial charge on any atom is 0.229 e. The Labute approximate surface area is 175 Å². The molecule has 0 bridgehead atoms. The SMILES string of the molecule is CC(C)(O)Cn1ncc(Nc2ncc3cc(Br)c(NCC4CC4)nc3n2)c1Cl. The van der Waals surface area contributed by atoms with Gasteiger partial charge >= 0.3 is 0 Å². The Kier molecular flexibility index (Phi) is 5.15. The average molecular weight is 467 g/mol. The number of fused-ring (bicyclic) bond motifs is 1. The van der Waals surface area contributed by atoms with E-state index in [4.69, 9.17) is 11.6 Å². The second-order valence-electron chi connectivity index (χ2n) is 7.69. The Morgan fingerprint density at radius 1 is 1.32 bits per heavy atom. The number of nitrogens with one attached hydrogen (secondary N) is 2. The summed E-state index contributed by atoms with van der Waals surface area (Å²) >= 11 is 9.91. The quantitative estimate of drug-likeness (QED) is 0.484. The van der Waals surface area contributed by atoms with Gasteiger partial charge in [-0.3, -0.25) is 0 Å². The van der Waals surface area contributed by atoms with E-state index in [1.165, 1.54) is 17.5 Å². The summed E-state index contributed by atoms with van der Waals surface area (Å²) in [6.07, 6.45) is 5.84. The van der Waals surface area contributed by atoms with Crippen molar-refractivity contribution >= 4 is 56.0 Å². The molecule has 1 saturated carbocycles. The van der Waals surface area contributed by atoms with Crippen LogP contribution in [0.15, 0.2) is 22.9 Å². The lowest BCUT2D eigenvalue weighted by molar-refractivity contribution is 0.0578. The lowest BCUT2D eigenvalue weighted by Crippen LogP contribution is -2.26. The highest BCUT2D eigenvalue weighted by Gasteiger charge is 2.21. The number of hydrogen-bond donors (Lipinski definition) is 3. The third kappa shape index (κ3) is 4.53. The molecular weight excluding hydrogens is 446 g/mol. The van der Waals surface area contributed by atoms with Gasteiger partial charge in [0.25, 0.3) is 0 Å². The van der Waals surface area contributed by atoms with Gasteiger partial charge in [0, 0.05) is 18.1 Å². The summed E-state index contributed by atoms with van der Waals surface area (Å²) in [5.41, 5.74) is 0.224. The molecule has 3 N–H and O–H groups in total. The minimum atomic E-state index is -0.923. The van der Waals surface area contributed by atoms with E-state index in [2.05, 4.69) is 46.6 Å². The fourth-order valence-electron chi connectivity index (χ4n) is 2.74. The molecule has 4 rings (SSSR count). The molecule has 0 spiro atoms. The molecular formula is C18H21BrClN7O. The molecule has 0 amide bonds. The molecule has 3 heterocycles. The topological polar surface area (TPSA) is 101 Å². The van der Waals surface area contributed by atoms with Crippen molar-refractivity contribution in [3.05, 3.63) is 28.1 Å². The first-order valence-corrected chi connectivity index (χ1v) is 10.2. The summed E-state index contributed by atoms with van der Waals surface area (Å²) in [4.78, 5) is 13.5. The Morgan fingerprint density at radius 2 is 2.11 bits per heavy atom. The molecule has 0 saturated heterocycles. The summed E-state index contributed by atoms with van der Waals surface area (Å²) in [5.74, 6) is 1.90. The second-order valence-corrected chi connectivity index (χ2v) is 8.91. The van der Waals surface area contributed by atoms with Crippen LogP contribution in [0, 0.1) is 5.92 Å². The second kappa shape index (κ2) is 7.46. The van der Waals surface area contributed by atoms with Crippen LogP contribution in [0.1, 0.15) is 26.7 Å². The van der Waals surface area contributed by atoms with Gasteiger partial charge in [0.15, 0.2) is 10.8 Å². The predicted octanol–water partition coefficient (Wildman–Crippen LogP) is 3.97. The lowest BCUT2D eigenvalue weighted by atomic mass is 10.1. The first kappa shape index (κ1) is 19.4. The van der Waals surface area contributed by atoms with E-state index in [-0.39, 0.29) is 6.54 Å². The van der Waals surface area contributed by atoms with Crippen molar-refractivity contribution in [2.24, 2.45) is 5.92 Å². The van der Waals surface area contributed by atoms with Crippen molar-refractivity contribution in [3.63, 3.8) is 0 Å². The van der Waals surface area contributed by atoms with Crippen molar-refractivity contribution in [2.75, 3.05) is 17.2 Å². The van der Waals surface area contributed by atoms with Crippen molar-refractivity contribution in [3.8, 4) is 0 Å². The summed E-state index contributed by atoms with van der Waals surface area (Å²) in [6.45, 7) is 4.59. The number of halogens is 2. The van der Waals surface area contributed by atoms with Crippen LogP contribution in [0.3, 0.4) is 0 Å². The minimum absolute atomic E-state index is 0.275. The van der Waals surface area contributed by atoms with Crippen LogP contribution in [0.25, 0.3) is 11.0 Å². The van der Waals surface area contributed by atoms with Gasteiger partial charge < -0.3 is 15.7 Å². The van der Waals surface area contributed by atoms with E-state index >= 15 is 0 Å². The fourth-order valence-corrected chi connectivity index (χ4v) is 3.41. The van der Waals surface area contributed by atoms with E-state index in [0.29, 0.717) is 22.4 Å². The van der Waals surface area contributed by atoms with E-state index in [1.807, 2.05) is 6.07 Å². The number of rotatable bonds is 7. The lowest BCUT2D eigenvalue weighted by Gasteiger charge is -2.17. The van der Waals surface area contributed by atoms with Crippen LogP contribution in [-0.4, -0.2) is 42.0 Å². The maximum absolute atomic E-state index is 9.96. The zero-order valence-electron chi connectivity index (χ0n) is 15.6. The molecule has 0 aliphatic heterocycles. The number of anilines is 3. The van der Waals surface area contributed by atoms with E-state index in [0.717, 1.165) is 28.1 Å². The Bertz CT molecular complexity index is 1010. The zero-order chi connectivity index (χ0) is 19.9. The third-order valence-corrected chi connectivity index (χ3v) is 5.34. The maximum atomic E-state index is 9.96. The number of pyridine rings is 1. The van der Waals surface area contributed by atoms with E-state index < -0.39 is 5.60 Å². The molecule has 148 valence electrons. The minimum Gasteiger partial charge on any atom is -0.389 e. The third-order valence-electron chi connectivity index (χ3n) is 4.34. The van der Waals surface area contributed by atoms with E-state index in [9.17, 15) is 5.11 Å². The van der Waals surface area contributed by atoms with Gasteiger partial charge in [0.05, 0.1) is 28.5 Å². The monoisotopic (exact) mass is 465 g/mol. The Balaban J connectivity index is 1.56. The summed E-state index contributed by atoms with van der Waals surface area (Å²) < 4.78 is 2.42. The van der Waals surface area contributed by atoms with Gasteiger partial charge in [-0.05, 0) is 54.6 Å². The van der Waals surface area contributed by atoms with Gasteiger partial charge in [-0.1, -0.05) is 11.6 Å². The highest BCUT2D eigenvalue weighted by molar-refractivity contribution is 9.10. The molecule has 3 aromatic heterocycles. The number of aliphatic hydroxyl groups is 1. The Hall–Kier alpha value is -1.97. The van der Waals surface area contributed by atoms with Crippen LogP contribution >= 0.6 is 27.5 Å². The molecule has 1 aliphatic carbocycles. The molecule has 8 nitrogen and oxygen atoms in total. The standard InChI is InChI=1S/C18H21BrClN7O/c1-18(2,28)9-27-14(20)13(8-23-27)24-17-22-7-11-5-12(19)16(25-15(11)26-17)21-6-10-3-4-10/h5,7-8,10,28H,3-4,6,9H2,1-2H3,(H2,21,22,24,25,26). The first-order chi connectivity index (χ1) is 13.3. The van der Waals surface area contributed by atoms with Crippen molar-refractivity contribution in [1.29, 1.82) is 0 Å². The number of hydrogen-bond acceptors (Lipinski definition) is 7. The molecule has 10 heteroatoms. The van der Waals surface area contributed by atoms with Crippen LogP contribution in [0.4, 0.5) is 17.5 Å². The van der Waals surface area contributed by atoms with Gasteiger partial charge in [-0.25, -0.2) is 14.6 Å². The number of nitrogens with zero attached hydrogens (tertiary/aromatic N) is 5. The summed E-state index contributed by atoms with van der Waals surface area (Å²) in [6, 6.07) is 1.95. The molecule has 1 fully saturated rings. The van der Waals surface area contributed by atoms with E-state index in [1.54, 1.807) is 26.2 Å². The zero-order valence-corrected chi connectivity index (χ0v) is 17.9. The molecule has 0 aromatic carbocycles. The molecule has 0 unspecified atom stereocenters. The predicted molar refractivity (Wildman–Crippen MR) is 113 cm³/mol. The molecule has 0 radical (unpaired) electrons. The normalized spacial score (nSPS) is 14.5. The van der Waals surface area contributed by atoms with Gasteiger partial charge in [0.1, 0.15) is 5.82 Å². The van der Waals surface area contributed by atoms with Crippen molar-refractivity contribution < 1.29 is 5.11 Å². The van der Waals surface area contributed by atoms with Gasteiger partial charge in [0.2, 0.25) is 5.95 Å². The smallest absolute Gasteiger partial charge is 0.229 e. The highest BCUT2D eigenvalue weighted by Crippen LogP contribution is 2.31. The number of aromatic nitrogens is 5. The average Bonchev–Trinajstić information content (AvgIpc) is 3.40. The Morgan fingerprint density at radius 3 is 2.82 bits per heavy atom. The van der Waals surface area contributed by atoms with Crippen LogP contribution < -0.4 is 10.6 Å². The molecule has 1 aliphatic rings. The first-order valence-electron chi connectivity index (χ1n) is 9.06. The van der Waals surface area contributed by atoms with Crippen molar-refractivity contribution in [2.45, 2.75) is 38.8 Å². The van der Waals surface area contributed by atoms with Gasteiger partial charge in [-0.15, -0.1) is 0 Å². The molecule has 0 atom stereocenters.